The lowest BCUT2D eigenvalue weighted by Gasteiger charge is -2.30. The predicted octanol–water partition coefficient (Wildman–Crippen LogP) is 4.07. The van der Waals surface area contributed by atoms with E-state index in [0.717, 1.165) is 11.3 Å². The Hall–Kier alpha value is -2.90. The van der Waals surface area contributed by atoms with Gasteiger partial charge in [-0.2, -0.15) is 5.10 Å². The number of esters is 1. The van der Waals surface area contributed by atoms with Crippen LogP contribution in [0.4, 0.5) is 4.79 Å². The number of nitrogens with zero attached hydrogens (tertiary/aromatic N) is 4. The molecule has 0 fully saturated rings. The van der Waals surface area contributed by atoms with Gasteiger partial charge in [0.1, 0.15) is 5.60 Å². The first-order chi connectivity index (χ1) is 14.2. The van der Waals surface area contributed by atoms with Gasteiger partial charge in [0.05, 0.1) is 18.8 Å². The summed E-state index contributed by atoms with van der Waals surface area (Å²) in [4.78, 5) is 31.0. The lowest BCUT2D eigenvalue weighted by molar-refractivity contribution is 0.0219. The highest BCUT2D eigenvalue weighted by molar-refractivity contribution is 5.89. The van der Waals surface area contributed by atoms with Gasteiger partial charge in [0.25, 0.3) is 0 Å². The normalized spacial score (nSPS) is 13.1. The highest BCUT2D eigenvalue weighted by Crippen LogP contribution is 2.27. The first-order valence-electron chi connectivity index (χ1n) is 10.4. The van der Waals surface area contributed by atoms with Crippen LogP contribution >= 0.6 is 0 Å². The molecule has 0 aromatic carbocycles. The second-order valence-electron chi connectivity index (χ2n) is 7.75. The zero-order valence-corrected chi connectivity index (χ0v) is 19.0. The largest absolute Gasteiger partial charge is 0.461 e. The van der Waals surface area contributed by atoms with Crippen LogP contribution in [0.25, 0.3) is 5.82 Å². The maximum absolute atomic E-state index is 12.5. The fourth-order valence-electron chi connectivity index (χ4n) is 3.09. The summed E-state index contributed by atoms with van der Waals surface area (Å²) in [5.41, 5.74) is 2.21. The summed E-state index contributed by atoms with van der Waals surface area (Å²) in [7, 11) is 0. The van der Waals surface area contributed by atoms with Crippen molar-refractivity contribution in [1.29, 1.82) is 0 Å². The van der Waals surface area contributed by atoms with E-state index in [1.54, 1.807) is 22.7 Å². The molecule has 2 aromatic rings. The third kappa shape index (κ3) is 5.37. The molecule has 0 aliphatic carbocycles. The van der Waals surface area contributed by atoms with Crippen molar-refractivity contribution in [3.63, 3.8) is 0 Å². The van der Waals surface area contributed by atoms with Crippen molar-refractivity contribution in [2.45, 2.75) is 67.0 Å². The fourth-order valence-corrected chi connectivity index (χ4v) is 3.09. The Morgan fingerprint density at radius 2 is 1.93 bits per heavy atom. The van der Waals surface area contributed by atoms with Crippen LogP contribution in [0.2, 0.25) is 0 Å². The second kappa shape index (κ2) is 9.73. The molecule has 0 unspecified atom stereocenters. The highest BCUT2D eigenvalue weighted by atomic mass is 16.6. The summed E-state index contributed by atoms with van der Waals surface area (Å²) in [5.74, 6) is 0.133. The van der Waals surface area contributed by atoms with Crippen LogP contribution in [0.1, 0.15) is 68.9 Å². The molecule has 3 heterocycles. The van der Waals surface area contributed by atoms with Crippen molar-refractivity contribution in [1.82, 2.24) is 19.7 Å². The molecule has 1 aliphatic rings. The third-order valence-corrected chi connectivity index (χ3v) is 4.30. The Kier molecular flexibility index (Phi) is 7.59. The number of pyridine rings is 1. The minimum atomic E-state index is -0.586. The van der Waals surface area contributed by atoms with E-state index in [4.69, 9.17) is 9.47 Å². The Morgan fingerprint density at radius 3 is 2.53 bits per heavy atom. The molecule has 0 bridgehead atoms. The molecule has 164 valence electrons. The maximum atomic E-state index is 12.5. The van der Waals surface area contributed by atoms with Crippen LogP contribution in [0.3, 0.4) is 0 Å². The van der Waals surface area contributed by atoms with Gasteiger partial charge in [0.15, 0.2) is 11.5 Å². The molecule has 0 atom stereocenters. The van der Waals surface area contributed by atoms with Gasteiger partial charge in [-0.1, -0.05) is 13.8 Å². The number of aromatic nitrogens is 3. The van der Waals surface area contributed by atoms with Gasteiger partial charge in [-0.3, -0.25) is 0 Å². The Labute approximate surface area is 178 Å². The number of hydrogen-bond acceptors (Lipinski definition) is 6. The molecule has 1 amide bonds. The number of rotatable bonds is 3. The molecule has 8 heteroatoms. The van der Waals surface area contributed by atoms with Crippen molar-refractivity contribution in [3.8, 4) is 5.82 Å². The van der Waals surface area contributed by atoms with E-state index >= 15 is 0 Å². The SMILES string of the molecule is CC.CCOC(=O)c1nn(-c2cc(C)ccn2)c2c1CN(C(=O)OC(C)(C)C)CC2. The molecule has 1 aliphatic heterocycles. The number of hydrogen-bond donors (Lipinski definition) is 0. The maximum Gasteiger partial charge on any atom is 0.410 e. The summed E-state index contributed by atoms with van der Waals surface area (Å²) in [6, 6.07) is 3.80. The quantitative estimate of drug-likeness (QED) is 0.701. The predicted molar refractivity (Wildman–Crippen MR) is 114 cm³/mol. The topological polar surface area (TPSA) is 86.5 Å². The van der Waals surface area contributed by atoms with Crippen molar-refractivity contribution >= 4 is 12.1 Å². The van der Waals surface area contributed by atoms with Crippen LogP contribution in [-0.4, -0.2) is 50.5 Å². The molecule has 0 radical (unpaired) electrons. The van der Waals surface area contributed by atoms with Gasteiger partial charge in [0, 0.05) is 24.7 Å². The number of aryl methyl sites for hydroxylation is 1. The summed E-state index contributed by atoms with van der Waals surface area (Å²) < 4.78 is 12.3. The van der Waals surface area contributed by atoms with Gasteiger partial charge in [0.2, 0.25) is 0 Å². The molecule has 8 nitrogen and oxygen atoms in total. The molecular weight excluding hydrogens is 384 g/mol. The second-order valence-corrected chi connectivity index (χ2v) is 7.75. The van der Waals surface area contributed by atoms with E-state index in [-0.39, 0.29) is 18.8 Å². The minimum Gasteiger partial charge on any atom is -0.461 e. The van der Waals surface area contributed by atoms with E-state index in [1.165, 1.54) is 0 Å². The van der Waals surface area contributed by atoms with Crippen LogP contribution in [0.5, 0.6) is 0 Å². The molecule has 0 N–H and O–H groups in total. The first-order valence-corrected chi connectivity index (χ1v) is 10.4. The smallest absolute Gasteiger partial charge is 0.410 e. The first kappa shape index (κ1) is 23.4. The van der Waals surface area contributed by atoms with Crippen molar-refractivity contribution < 1.29 is 19.1 Å². The monoisotopic (exact) mass is 416 g/mol. The lowest BCUT2D eigenvalue weighted by Crippen LogP contribution is -2.40. The van der Waals surface area contributed by atoms with Gasteiger partial charge in [-0.25, -0.2) is 19.3 Å². The molecule has 3 rings (SSSR count). The number of fused-ring (bicyclic) bond motifs is 1. The average Bonchev–Trinajstić information content (AvgIpc) is 3.07. The molecular formula is C22H32N4O4. The number of carbonyl (C=O) groups excluding carboxylic acids is 2. The summed E-state index contributed by atoms with van der Waals surface area (Å²) in [6.45, 7) is 14.2. The molecule has 0 spiro atoms. The van der Waals surface area contributed by atoms with E-state index < -0.39 is 17.7 Å². The fraction of sp³-hybridized carbons (Fsp3) is 0.545. The Bertz CT molecular complexity index is 899. The lowest BCUT2D eigenvalue weighted by atomic mass is 10.1. The standard InChI is InChI=1S/C20H26N4O4.C2H6/c1-6-27-18(25)17-14-12-23(19(26)28-20(3,4)5)10-8-15(14)24(22-17)16-11-13(2)7-9-21-16;1-2/h7,9,11H,6,8,10,12H2,1-5H3;1-2H3. The van der Waals surface area contributed by atoms with E-state index in [0.29, 0.717) is 24.3 Å². The number of ether oxygens (including phenoxy) is 2. The van der Waals surface area contributed by atoms with Gasteiger partial charge in [-0.15, -0.1) is 0 Å². The van der Waals surface area contributed by atoms with Crippen molar-refractivity contribution in [2.24, 2.45) is 0 Å². The van der Waals surface area contributed by atoms with Crippen LogP contribution in [0, 0.1) is 6.92 Å². The minimum absolute atomic E-state index is 0.216. The summed E-state index contributed by atoms with van der Waals surface area (Å²) in [5, 5.41) is 4.49. The van der Waals surface area contributed by atoms with Crippen LogP contribution < -0.4 is 0 Å². The van der Waals surface area contributed by atoms with Gasteiger partial charge >= 0.3 is 12.1 Å². The Balaban J connectivity index is 0.00000155. The van der Waals surface area contributed by atoms with E-state index in [1.807, 2.05) is 53.7 Å². The summed E-state index contributed by atoms with van der Waals surface area (Å²) >= 11 is 0. The third-order valence-electron chi connectivity index (χ3n) is 4.30. The van der Waals surface area contributed by atoms with Crippen LogP contribution in [0.15, 0.2) is 18.3 Å². The number of carbonyl (C=O) groups is 2. The molecule has 2 aromatic heterocycles. The zero-order valence-electron chi connectivity index (χ0n) is 19.0. The highest BCUT2D eigenvalue weighted by Gasteiger charge is 2.33. The Morgan fingerprint density at radius 1 is 1.23 bits per heavy atom. The zero-order chi connectivity index (χ0) is 22.5. The number of amides is 1. The van der Waals surface area contributed by atoms with Gasteiger partial charge in [-0.05, 0) is 52.3 Å². The van der Waals surface area contributed by atoms with Crippen molar-refractivity contribution in [3.05, 3.63) is 40.8 Å². The molecule has 0 saturated heterocycles. The molecule has 30 heavy (non-hydrogen) atoms. The van der Waals surface area contributed by atoms with E-state index in [2.05, 4.69) is 10.1 Å². The van der Waals surface area contributed by atoms with Gasteiger partial charge < -0.3 is 14.4 Å². The van der Waals surface area contributed by atoms with Crippen molar-refractivity contribution in [2.75, 3.05) is 13.2 Å². The van der Waals surface area contributed by atoms with E-state index in [9.17, 15) is 9.59 Å². The van der Waals surface area contributed by atoms with Crippen LogP contribution in [-0.2, 0) is 22.4 Å². The summed E-state index contributed by atoms with van der Waals surface area (Å²) in [6.07, 6.45) is 1.84. The average molecular weight is 417 g/mol. The molecule has 0 saturated carbocycles.